The highest BCUT2D eigenvalue weighted by Crippen LogP contribution is 2.25. The molecule has 0 aliphatic rings. The Balaban J connectivity index is 0.000000671. The van der Waals surface area contributed by atoms with Crippen LogP contribution in [0.15, 0.2) is 30.3 Å². The van der Waals surface area contributed by atoms with Gasteiger partial charge in [-0.05, 0) is 18.4 Å². The first-order valence-electron chi connectivity index (χ1n) is 4.32. The van der Waals surface area contributed by atoms with E-state index < -0.39 is 0 Å². The molecule has 0 spiro atoms. The van der Waals surface area contributed by atoms with E-state index in [4.69, 9.17) is 0 Å². The highest BCUT2D eigenvalue weighted by Gasteiger charge is 1.98. The van der Waals surface area contributed by atoms with Gasteiger partial charge in [0.15, 0.2) is 0 Å². The van der Waals surface area contributed by atoms with Crippen molar-refractivity contribution < 1.29 is 0 Å². The average molecular weight is 196 g/mol. The van der Waals surface area contributed by atoms with Crippen LogP contribution >= 0.6 is 11.8 Å². The molecule has 0 atom stereocenters. The van der Waals surface area contributed by atoms with Crippen molar-refractivity contribution >= 4 is 16.7 Å². The Morgan fingerprint density at radius 2 is 2.31 bits per heavy atom. The van der Waals surface area contributed by atoms with Crippen LogP contribution in [0.1, 0.15) is 26.5 Å². The van der Waals surface area contributed by atoms with Crippen LogP contribution in [-0.4, -0.2) is 10.2 Å². The number of thioether (sulfide) groups is 1. The molecule has 0 unspecified atom stereocenters. The molecule has 0 bridgehead atoms. The number of allylic oxidation sites excluding steroid dienone is 1. The number of nitrogens with zero attached hydrogens (tertiary/aromatic N) is 1. The molecule has 0 aromatic carbocycles. The molecule has 3 heteroatoms. The van der Waals surface area contributed by atoms with E-state index >= 15 is 0 Å². The first kappa shape index (κ1) is 12.0. The summed E-state index contributed by atoms with van der Waals surface area (Å²) in [6, 6.07) is 1.94. The quantitative estimate of drug-likeness (QED) is 0.799. The van der Waals surface area contributed by atoms with Crippen molar-refractivity contribution in [2.45, 2.75) is 20.8 Å². The van der Waals surface area contributed by atoms with Gasteiger partial charge in [-0.3, -0.25) is 5.10 Å². The SMILES string of the molecule is C=CS/C(=C\C)c1ccn[nH]1.CC. The number of rotatable bonds is 3. The number of hydrogen-bond donors (Lipinski definition) is 1. The standard InChI is InChI=1S/C8H10N2S.C2H6/c1-3-8(11-4-2)7-5-6-9-10-7;1-2/h3-6H,2H2,1H3,(H,9,10);1-2H3/b8-3-;. The van der Waals surface area contributed by atoms with Gasteiger partial charge < -0.3 is 0 Å². The van der Waals surface area contributed by atoms with Gasteiger partial charge in [0.05, 0.1) is 5.69 Å². The van der Waals surface area contributed by atoms with E-state index in [-0.39, 0.29) is 0 Å². The summed E-state index contributed by atoms with van der Waals surface area (Å²) in [4.78, 5) is 1.15. The van der Waals surface area contributed by atoms with Gasteiger partial charge in [-0.25, -0.2) is 0 Å². The molecule has 0 radical (unpaired) electrons. The summed E-state index contributed by atoms with van der Waals surface area (Å²) in [5, 5.41) is 8.55. The van der Waals surface area contributed by atoms with Gasteiger partial charge in [0.2, 0.25) is 0 Å². The van der Waals surface area contributed by atoms with Crippen molar-refractivity contribution in [1.82, 2.24) is 10.2 Å². The van der Waals surface area contributed by atoms with Crippen LogP contribution in [0, 0.1) is 0 Å². The minimum Gasteiger partial charge on any atom is -0.277 e. The van der Waals surface area contributed by atoms with E-state index in [9.17, 15) is 0 Å². The topological polar surface area (TPSA) is 28.7 Å². The minimum absolute atomic E-state index is 1.04. The number of H-pyrrole nitrogens is 1. The lowest BCUT2D eigenvalue weighted by Crippen LogP contribution is -1.77. The first-order valence-corrected chi connectivity index (χ1v) is 5.20. The average Bonchev–Trinajstić information content (AvgIpc) is 2.70. The van der Waals surface area contributed by atoms with Gasteiger partial charge in [-0.15, -0.1) is 0 Å². The van der Waals surface area contributed by atoms with Crippen LogP contribution in [-0.2, 0) is 0 Å². The highest BCUT2D eigenvalue weighted by atomic mass is 32.2. The summed E-state index contributed by atoms with van der Waals surface area (Å²) in [5.41, 5.74) is 1.04. The first-order chi connectivity index (χ1) is 6.38. The molecule has 2 nitrogen and oxygen atoms in total. The van der Waals surface area contributed by atoms with Crippen LogP contribution in [0.5, 0.6) is 0 Å². The summed E-state index contributed by atoms with van der Waals surface area (Å²) in [6.07, 6.45) is 3.77. The van der Waals surface area contributed by atoms with E-state index in [1.807, 2.05) is 32.9 Å². The van der Waals surface area contributed by atoms with Gasteiger partial charge >= 0.3 is 0 Å². The van der Waals surface area contributed by atoms with Crippen molar-refractivity contribution in [3.05, 3.63) is 36.0 Å². The second kappa shape index (κ2) is 7.68. The Morgan fingerprint density at radius 1 is 1.62 bits per heavy atom. The molecule has 0 fully saturated rings. The fourth-order valence-corrected chi connectivity index (χ4v) is 1.33. The molecule has 72 valence electrons. The largest absolute Gasteiger partial charge is 0.277 e. The maximum absolute atomic E-state index is 3.86. The summed E-state index contributed by atoms with van der Waals surface area (Å²) in [5.74, 6) is 0. The van der Waals surface area contributed by atoms with E-state index in [1.54, 1.807) is 23.4 Å². The lowest BCUT2D eigenvalue weighted by molar-refractivity contribution is 1.08. The molecule has 0 saturated carbocycles. The molecule has 1 rings (SSSR count). The Hall–Kier alpha value is -0.960. The second-order valence-corrected chi connectivity index (χ2v) is 2.92. The Labute approximate surface area is 84.1 Å². The zero-order chi connectivity index (χ0) is 10.1. The normalized spacial score (nSPS) is 10.2. The smallest absolute Gasteiger partial charge is 0.0713 e. The number of aromatic amines is 1. The fourth-order valence-electron chi connectivity index (χ4n) is 0.770. The van der Waals surface area contributed by atoms with Gasteiger partial charge in [-0.1, -0.05) is 38.3 Å². The summed E-state index contributed by atoms with van der Waals surface area (Å²) in [7, 11) is 0. The number of aromatic nitrogens is 2. The molecular formula is C10H16N2S. The van der Waals surface area contributed by atoms with Crippen molar-refractivity contribution in [3.63, 3.8) is 0 Å². The second-order valence-electron chi connectivity index (χ2n) is 1.91. The Bertz CT molecular complexity index is 250. The van der Waals surface area contributed by atoms with E-state index in [0.29, 0.717) is 0 Å². The van der Waals surface area contributed by atoms with E-state index in [0.717, 1.165) is 10.6 Å². The Kier molecular flexibility index (Phi) is 7.11. The molecule has 1 N–H and O–H groups in total. The predicted octanol–water partition coefficient (Wildman–Crippen LogP) is 3.67. The van der Waals surface area contributed by atoms with E-state index in [2.05, 4.69) is 16.8 Å². The van der Waals surface area contributed by atoms with Crippen LogP contribution in [0.3, 0.4) is 0 Å². The fraction of sp³-hybridized carbons (Fsp3) is 0.300. The van der Waals surface area contributed by atoms with Crippen LogP contribution in [0.4, 0.5) is 0 Å². The van der Waals surface area contributed by atoms with Gasteiger partial charge in [0.25, 0.3) is 0 Å². The zero-order valence-electron chi connectivity index (χ0n) is 8.37. The lowest BCUT2D eigenvalue weighted by atomic mass is 10.4. The number of hydrogen-bond acceptors (Lipinski definition) is 2. The molecule has 1 heterocycles. The van der Waals surface area contributed by atoms with Gasteiger partial charge in [0, 0.05) is 11.1 Å². The van der Waals surface area contributed by atoms with Crippen molar-refractivity contribution in [2.75, 3.05) is 0 Å². The predicted molar refractivity (Wildman–Crippen MR) is 61.4 cm³/mol. The third-order valence-corrected chi connectivity index (χ3v) is 2.11. The molecule has 0 amide bonds. The molecule has 0 saturated heterocycles. The molecule has 0 aliphatic carbocycles. The van der Waals surface area contributed by atoms with Crippen LogP contribution < -0.4 is 0 Å². The Morgan fingerprint density at radius 3 is 2.69 bits per heavy atom. The number of nitrogens with one attached hydrogen (secondary N) is 1. The van der Waals surface area contributed by atoms with Gasteiger partial charge in [0.1, 0.15) is 0 Å². The summed E-state index contributed by atoms with van der Waals surface area (Å²) >= 11 is 1.59. The van der Waals surface area contributed by atoms with Crippen LogP contribution in [0.2, 0.25) is 0 Å². The summed E-state index contributed by atoms with van der Waals surface area (Å²) in [6.45, 7) is 9.64. The molecule has 1 aromatic heterocycles. The monoisotopic (exact) mass is 196 g/mol. The third kappa shape index (κ3) is 3.99. The lowest BCUT2D eigenvalue weighted by Gasteiger charge is -1.97. The molecule has 13 heavy (non-hydrogen) atoms. The van der Waals surface area contributed by atoms with E-state index in [1.165, 1.54) is 0 Å². The maximum atomic E-state index is 3.86. The highest BCUT2D eigenvalue weighted by molar-refractivity contribution is 8.10. The minimum atomic E-state index is 1.04. The van der Waals surface area contributed by atoms with Gasteiger partial charge in [-0.2, -0.15) is 5.10 Å². The third-order valence-electron chi connectivity index (χ3n) is 1.24. The van der Waals surface area contributed by atoms with Crippen molar-refractivity contribution in [2.24, 2.45) is 0 Å². The molecule has 1 aromatic rings. The van der Waals surface area contributed by atoms with Crippen molar-refractivity contribution in [3.8, 4) is 0 Å². The van der Waals surface area contributed by atoms with Crippen LogP contribution in [0.25, 0.3) is 4.91 Å². The molecule has 0 aliphatic heterocycles. The zero-order valence-corrected chi connectivity index (χ0v) is 9.19. The van der Waals surface area contributed by atoms with Crippen molar-refractivity contribution in [1.29, 1.82) is 0 Å². The maximum Gasteiger partial charge on any atom is 0.0713 e. The summed E-state index contributed by atoms with van der Waals surface area (Å²) < 4.78 is 0. The molecular weight excluding hydrogens is 180 g/mol.